The van der Waals surface area contributed by atoms with Crippen LogP contribution >= 0.6 is 22.9 Å². The monoisotopic (exact) mass is 536 g/mol. The van der Waals surface area contributed by atoms with Gasteiger partial charge in [-0.25, -0.2) is 18.2 Å². The second kappa shape index (κ2) is 9.77. The molecule has 1 aliphatic rings. The third kappa shape index (κ3) is 5.37. The lowest BCUT2D eigenvalue weighted by Gasteiger charge is -2.21. The predicted octanol–water partition coefficient (Wildman–Crippen LogP) is 3.51. The molecule has 0 unspecified atom stereocenters. The Morgan fingerprint density at radius 1 is 1.26 bits per heavy atom. The number of sulfonamides is 1. The van der Waals surface area contributed by atoms with Crippen LogP contribution in [-0.2, 0) is 21.4 Å². The Kier molecular flexibility index (Phi) is 6.94. The number of hydrogen-bond donors (Lipinski definition) is 3. The average Bonchev–Trinajstić information content (AvgIpc) is 3.19. The van der Waals surface area contributed by atoms with Crippen LogP contribution in [0.25, 0.3) is 0 Å². The van der Waals surface area contributed by atoms with Gasteiger partial charge in [0.25, 0.3) is 0 Å². The van der Waals surface area contributed by atoms with Crippen molar-refractivity contribution < 1.29 is 23.1 Å². The molecule has 0 saturated heterocycles. The molecule has 0 bridgehead atoms. The number of carbonyl (C=O) groups is 2. The van der Waals surface area contributed by atoms with Crippen molar-refractivity contribution in [1.29, 1.82) is 0 Å². The maximum Gasteiger partial charge on any atom is 0.348 e. The van der Waals surface area contributed by atoms with Crippen molar-refractivity contribution in [2.45, 2.75) is 13.5 Å². The molecule has 4 rings (SSSR count). The normalized spacial score (nSPS) is 14.4. The molecule has 11 nitrogen and oxygen atoms in total. The van der Waals surface area contributed by atoms with Gasteiger partial charge in [-0.2, -0.15) is 9.29 Å². The van der Waals surface area contributed by atoms with E-state index in [4.69, 9.17) is 11.6 Å². The van der Waals surface area contributed by atoms with E-state index in [1.807, 2.05) is 6.92 Å². The van der Waals surface area contributed by atoms with Crippen molar-refractivity contribution in [3.05, 3.63) is 51.3 Å². The van der Waals surface area contributed by atoms with Crippen LogP contribution in [-0.4, -0.2) is 59.0 Å². The van der Waals surface area contributed by atoms with Gasteiger partial charge in [0.05, 0.1) is 30.4 Å². The van der Waals surface area contributed by atoms with Crippen LogP contribution in [0, 0.1) is 0 Å². The van der Waals surface area contributed by atoms with E-state index in [9.17, 15) is 23.1 Å². The smallest absolute Gasteiger partial charge is 0.348 e. The maximum absolute atomic E-state index is 12.8. The van der Waals surface area contributed by atoms with Crippen LogP contribution in [0.4, 0.5) is 28.8 Å². The van der Waals surface area contributed by atoms with E-state index in [1.54, 1.807) is 29.6 Å². The van der Waals surface area contributed by atoms with Gasteiger partial charge >= 0.3 is 5.97 Å². The Morgan fingerprint density at radius 3 is 2.71 bits per heavy atom. The second-order valence-electron chi connectivity index (χ2n) is 7.62. The number of hydrogen-bond acceptors (Lipinski definition) is 9. The molecule has 3 heterocycles. The van der Waals surface area contributed by atoms with E-state index in [-0.39, 0.29) is 40.7 Å². The van der Waals surface area contributed by atoms with Gasteiger partial charge in [0.15, 0.2) is 5.82 Å². The van der Waals surface area contributed by atoms with Crippen LogP contribution in [0.15, 0.2) is 35.8 Å². The number of carboxylic acids is 1. The van der Waals surface area contributed by atoms with Gasteiger partial charge in [-0.1, -0.05) is 17.7 Å². The summed E-state index contributed by atoms with van der Waals surface area (Å²) in [5.74, 6) is -0.993. The fourth-order valence-corrected chi connectivity index (χ4v) is 5.11. The highest BCUT2D eigenvalue weighted by Crippen LogP contribution is 2.32. The number of anilines is 5. The highest BCUT2D eigenvalue weighted by molar-refractivity contribution is 7.88. The van der Waals surface area contributed by atoms with Gasteiger partial charge in [0.2, 0.25) is 21.9 Å². The highest BCUT2D eigenvalue weighted by Gasteiger charge is 2.30. The van der Waals surface area contributed by atoms with Gasteiger partial charge in [0, 0.05) is 18.8 Å². The number of likely N-dealkylation sites (N-methyl/N-ethyl adjacent to an activating group) is 1. The summed E-state index contributed by atoms with van der Waals surface area (Å²) in [7, 11) is -3.56. The molecule has 0 aliphatic carbocycles. The van der Waals surface area contributed by atoms with E-state index < -0.39 is 16.0 Å². The third-order valence-electron chi connectivity index (χ3n) is 5.23. The number of carbonyl (C=O) groups excluding carboxylic acids is 1. The molecule has 184 valence electrons. The first-order valence-corrected chi connectivity index (χ1v) is 13.4. The fourth-order valence-electron chi connectivity index (χ4n) is 3.57. The molecule has 0 atom stereocenters. The molecule has 14 heteroatoms. The molecular formula is C21H21ClN6O5S2. The van der Waals surface area contributed by atoms with E-state index in [0.717, 1.165) is 21.9 Å². The zero-order chi connectivity index (χ0) is 25.3. The number of nitrogens with one attached hydrogen (secondary N) is 2. The molecule has 0 fully saturated rings. The van der Waals surface area contributed by atoms with E-state index in [0.29, 0.717) is 29.2 Å². The first-order chi connectivity index (χ1) is 16.6. The zero-order valence-corrected chi connectivity index (χ0v) is 21.0. The standard InChI is InChI=1S/C21H21ClN6O5S2/c1-3-28-16-8-13(5-4-12(16)10-27(11-17(28)29)35(2,32)33)24-21-23-9-14(22)19(26-21)25-15-6-7-34-18(15)20(30)31/h4-9H,3,10-11H2,1-2H3,(H,30,31)(H2,23,24,25,26). The van der Waals surface area contributed by atoms with Crippen LogP contribution in [0.5, 0.6) is 0 Å². The number of fused-ring (bicyclic) bond motifs is 1. The Morgan fingerprint density at radius 2 is 2.03 bits per heavy atom. The molecule has 3 N–H and O–H groups in total. The molecule has 1 aromatic carbocycles. The van der Waals surface area contributed by atoms with Crippen molar-refractivity contribution in [3.8, 4) is 0 Å². The Balaban J connectivity index is 1.63. The highest BCUT2D eigenvalue weighted by atomic mass is 35.5. The van der Waals surface area contributed by atoms with Gasteiger partial charge in [-0.05, 0) is 36.1 Å². The molecule has 0 radical (unpaired) electrons. The first kappa shape index (κ1) is 24.9. The van der Waals surface area contributed by atoms with E-state index in [2.05, 4.69) is 20.6 Å². The predicted molar refractivity (Wildman–Crippen MR) is 135 cm³/mol. The number of amides is 1. The number of halogens is 1. The van der Waals surface area contributed by atoms with Gasteiger partial charge in [0.1, 0.15) is 9.90 Å². The van der Waals surface area contributed by atoms with Crippen molar-refractivity contribution in [2.24, 2.45) is 0 Å². The molecule has 3 aromatic rings. The minimum atomic E-state index is -3.56. The number of benzene rings is 1. The molecule has 1 aliphatic heterocycles. The number of rotatable bonds is 7. The van der Waals surface area contributed by atoms with Gasteiger partial charge in [-0.15, -0.1) is 11.3 Å². The lowest BCUT2D eigenvalue weighted by Crippen LogP contribution is -2.39. The van der Waals surface area contributed by atoms with Gasteiger partial charge < -0.3 is 20.6 Å². The lowest BCUT2D eigenvalue weighted by atomic mass is 10.1. The Bertz CT molecular complexity index is 1410. The summed E-state index contributed by atoms with van der Waals surface area (Å²) in [5, 5.41) is 17.1. The largest absolute Gasteiger partial charge is 0.477 e. The quantitative estimate of drug-likeness (QED) is 0.413. The summed E-state index contributed by atoms with van der Waals surface area (Å²) in [6.07, 6.45) is 2.46. The fraction of sp³-hybridized carbons (Fsp3) is 0.238. The average molecular weight is 537 g/mol. The number of thiophene rings is 1. The Labute approximate surface area is 210 Å². The number of nitrogens with zero attached hydrogens (tertiary/aromatic N) is 4. The van der Waals surface area contributed by atoms with Crippen LogP contribution in [0.2, 0.25) is 5.02 Å². The first-order valence-electron chi connectivity index (χ1n) is 10.3. The van der Waals surface area contributed by atoms with Crippen molar-refractivity contribution in [3.63, 3.8) is 0 Å². The number of aromatic carboxylic acids is 1. The molecule has 0 spiro atoms. The van der Waals surface area contributed by atoms with Crippen LogP contribution in [0.3, 0.4) is 0 Å². The minimum Gasteiger partial charge on any atom is -0.477 e. The van der Waals surface area contributed by atoms with Crippen molar-refractivity contribution in [2.75, 3.05) is 34.9 Å². The van der Waals surface area contributed by atoms with E-state index >= 15 is 0 Å². The second-order valence-corrected chi connectivity index (χ2v) is 10.9. The molecule has 35 heavy (non-hydrogen) atoms. The number of carboxylic acid groups (broad SMARTS) is 1. The number of aromatic nitrogens is 2. The van der Waals surface area contributed by atoms with E-state index in [1.165, 1.54) is 11.1 Å². The van der Waals surface area contributed by atoms with Crippen molar-refractivity contribution >= 4 is 73.7 Å². The summed E-state index contributed by atoms with van der Waals surface area (Å²) in [6, 6.07) is 6.82. The SMILES string of the molecule is CCN1C(=O)CN(S(C)(=O)=O)Cc2ccc(Nc3ncc(Cl)c(Nc4ccsc4C(=O)O)n3)cc21. The summed E-state index contributed by atoms with van der Waals surface area (Å²) in [5.41, 5.74) is 2.20. The summed E-state index contributed by atoms with van der Waals surface area (Å²) in [4.78, 5) is 34.3. The zero-order valence-electron chi connectivity index (χ0n) is 18.6. The molecular weight excluding hydrogens is 516 g/mol. The van der Waals surface area contributed by atoms with Crippen LogP contribution < -0.4 is 15.5 Å². The maximum atomic E-state index is 12.8. The minimum absolute atomic E-state index is 0.0781. The topological polar surface area (TPSA) is 145 Å². The van der Waals surface area contributed by atoms with Gasteiger partial charge in [-0.3, -0.25) is 4.79 Å². The molecule has 0 saturated carbocycles. The van der Waals surface area contributed by atoms with Crippen molar-refractivity contribution in [1.82, 2.24) is 14.3 Å². The summed E-state index contributed by atoms with van der Waals surface area (Å²) < 4.78 is 25.4. The van der Waals surface area contributed by atoms with Crippen LogP contribution in [0.1, 0.15) is 22.2 Å². The Hall–Kier alpha value is -3.26. The lowest BCUT2D eigenvalue weighted by molar-refractivity contribution is -0.118. The summed E-state index contributed by atoms with van der Waals surface area (Å²) in [6.45, 7) is 2.02. The third-order valence-corrected chi connectivity index (χ3v) is 7.61. The molecule has 2 aromatic heterocycles. The molecule has 1 amide bonds. The summed E-state index contributed by atoms with van der Waals surface area (Å²) >= 11 is 7.28.